The molecule has 0 radical (unpaired) electrons. The molecule has 3 aromatic rings. The molecule has 2 N–H and O–H groups in total. The van der Waals surface area contributed by atoms with Crippen LogP contribution in [0.4, 0.5) is 4.79 Å². The highest BCUT2D eigenvalue weighted by Crippen LogP contribution is 2.30. The first-order valence-corrected chi connectivity index (χ1v) is 8.11. The predicted octanol–water partition coefficient (Wildman–Crippen LogP) is 2.10. The van der Waals surface area contributed by atoms with Gasteiger partial charge in [-0.3, -0.25) is 0 Å². The van der Waals surface area contributed by atoms with Crippen LogP contribution in [-0.4, -0.2) is 28.6 Å². The molecule has 4 rings (SSSR count). The summed E-state index contributed by atoms with van der Waals surface area (Å²) in [5.41, 5.74) is 2.61. The van der Waals surface area contributed by atoms with Gasteiger partial charge in [0.15, 0.2) is 11.5 Å². The minimum atomic E-state index is -0.244. The van der Waals surface area contributed by atoms with Crippen LogP contribution >= 0.6 is 0 Å². The summed E-state index contributed by atoms with van der Waals surface area (Å²) in [5, 5.41) is 5.64. The third-order valence-electron chi connectivity index (χ3n) is 3.90. The van der Waals surface area contributed by atoms with E-state index < -0.39 is 0 Å². The smallest absolute Gasteiger partial charge is 0.315 e. The Labute approximate surface area is 144 Å². The number of hydrogen-bond donors (Lipinski definition) is 2. The molecule has 2 amide bonds. The molecule has 7 heteroatoms. The number of rotatable bonds is 4. The van der Waals surface area contributed by atoms with Crippen molar-refractivity contribution in [1.82, 2.24) is 20.0 Å². The number of carbonyl (C=O) groups is 1. The van der Waals surface area contributed by atoms with E-state index in [4.69, 9.17) is 9.47 Å². The standard InChI is InChI=1S/C18H18N4O3/c23-18(20-11-14-12-22-6-2-1-3-17(22)21-14)19-10-13-4-5-15-16(9-13)25-8-7-24-15/h1-6,9,12H,7-8,10-11H2,(H2,19,20,23). The molecule has 0 saturated heterocycles. The van der Waals surface area contributed by atoms with Crippen molar-refractivity contribution >= 4 is 11.7 Å². The van der Waals surface area contributed by atoms with Crippen molar-refractivity contribution in [3.05, 3.63) is 60.0 Å². The largest absolute Gasteiger partial charge is 0.486 e. The van der Waals surface area contributed by atoms with E-state index >= 15 is 0 Å². The Bertz CT molecular complexity index is 873. The maximum atomic E-state index is 12.0. The maximum absolute atomic E-state index is 12.0. The molecule has 0 unspecified atom stereocenters. The molecule has 25 heavy (non-hydrogen) atoms. The predicted molar refractivity (Wildman–Crippen MR) is 91.7 cm³/mol. The van der Waals surface area contributed by atoms with Crippen LogP contribution in [0.1, 0.15) is 11.3 Å². The molecule has 0 bridgehead atoms. The molecule has 0 atom stereocenters. The quantitative estimate of drug-likeness (QED) is 0.764. The van der Waals surface area contributed by atoms with Crippen LogP contribution in [0.3, 0.4) is 0 Å². The van der Waals surface area contributed by atoms with Gasteiger partial charge in [-0.25, -0.2) is 9.78 Å². The molecule has 1 aliphatic rings. The zero-order valence-electron chi connectivity index (χ0n) is 13.6. The van der Waals surface area contributed by atoms with Gasteiger partial charge < -0.3 is 24.5 Å². The maximum Gasteiger partial charge on any atom is 0.315 e. The average molecular weight is 338 g/mol. The molecular weight excluding hydrogens is 320 g/mol. The molecule has 2 aromatic heterocycles. The SMILES string of the molecule is O=C(NCc1ccc2c(c1)OCCO2)NCc1cn2ccccc2n1. The molecule has 0 spiro atoms. The van der Waals surface area contributed by atoms with Gasteiger partial charge in [-0.15, -0.1) is 0 Å². The Kier molecular flexibility index (Phi) is 4.12. The number of nitrogens with zero attached hydrogens (tertiary/aromatic N) is 2. The summed E-state index contributed by atoms with van der Waals surface area (Å²) in [5.74, 6) is 1.46. The first-order valence-electron chi connectivity index (χ1n) is 8.11. The second-order valence-corrected chi connectivity index (χ2v) is 5.71. The number of fused-ring (bicyclic) bond motifs is 2. The number of aromatic nitrogens is 2. The summed E-state index contributed by atoms with van der Waals surface area (Å²) in [4.78, 5) is 16.4. The number of hydrogen-bond acceptors (Lipinski definition) is 4. The minimum absolute atomic E-state index is 0.244. The van der Waals surface area contributed by atoms with Gasteiger partial charge in [-0.2, -0.15) is 0 Å². The van der Waals surface area contributed by atoms with Gasteiger partial charge in [-0.1, -0.05) is 12.1 Å². The Morgan fingerprint density at radius 3 is 2.80 bits per heavy atom. The van der Waals surface area contributed by atoms with Crippen LogP contribution in [0.15, 0.2) is 48.8 Å². The van der Waals surface area contributed by atoms with Crippen molar-refractivity contribution in [2.45, 2.75) is 13.1 Å². The third kappa shape index (κ3) is 3.50. The molecule has 7 nitrogen and oxygen atoms in total. The van der Waals surface area contributed by atoms with Gasteiger partial charge in [0.2, 0.25) is 0 Å². The van der Waals surface area contributed by atoms with E-state index in [9.17, 15) is 4.79 Å². The fraction of sp³-hybridized carbons (Fsp3) is 0.222. The van der Waals surface area contributed by atoms with Gasteiger partial charge >= 0.3 is 6.03 Å². The number of carbonyl (C=O) groups excluding carboxylic acids is 1. The molecule has 3 heterocycles. The summed E-state index contributed by atoms with van der Waals surface area (Å²) in [6.45, 7) is 1.89. The van der Waals surface area contributed by atoms with Gasteiger partial charge in [0.1, 0.15) is 18.9 Å². The van der Waals surface area contributed by atoms with E-state index in [2.05, 4.69) is 15.6 Å². The van der Waals surface area contributed by atoms with Crippen LogP contribution in [0.25, 0.3) is 5.65 Å². The van der Waals surface area contributed by atoms with E-state index in [1.807, 2.05) is 53.2 Å². The topological polar surface area (TPSA) is 76.9 Å². The van der Waals surface area contributed by atoms with E-state index in [0.29, 0.717) is 26.3 Å². The van der Waals surface area contributed by atoms with E-state index in [-0.39, 0.29) is 6.03 Å². The second-order valence-electron chi connectivity index (χ2n) is 5.71. The van der Waals surface area contributed by atoms with Crippen LogP contribution < -0.4 is 20.1 Å². The minimum Gasteiger partial charge on any atom is -0.486 e. The fourth-order valence-electron chi connectivity index (χ4n) is 2.69. The number of amides is 2. The summed E-state index contributed by atoms with van der Waals surface area (Å²) in [7, 11) is 0. The Morgan fingerprint density at radius 1 is 1.08 bits per heavy atom. The lowest BCUT2D eigenvalue weighted by molar-refractivity contribution is 0.171. The number of pyridine rings is 1. The first kappa shape index (κ1) is 15.3. The molecular formula is C18H18N4O3. The summed E-state index contributed by atoms with van der Waals surface area (Å²) in [6.07, 6.45) is 3.82. The van der Waals surface area contributed by atoms with Crippen LogP contribution in [0.2, 0.25) is 0 Å². The first-order chi connectivity index (χ1) is 12.3. The zero-order chi connectivity index (χ0) is 17.1. The normalized spacial score (nSPS) is 12.8. The zero-order valence-corrected chi connectivity index (χ0v) is 13.6. The van der Waals surface area contributed by atoms with Gasteiger partial charge in [0.05, 0.1) is 12.2 Å². The highest BCUT2D eigenvalue weighted by molar-refractivity contribution is 5.73. The van der Waals surface area contributed by atoms with Crippen molar-refractivity contribution in [3.63, 3.8) is 0 Å². The Balaban J connectivity index is 1.30. The molecule has 1 aliphatic heterocycles. The van der Waals surface area contributed by atoms with Gasteiger partial charge in [0.25, 0.3) is 0 Å². The number of imidazole rings is 1. The van der Waals surface area contributed by atoms with Crippen LogP contribution in [0, 0.1) is 0 Å². The van der Waals surface area contributed by atoms with Crippen molar-refractivity contribution < 1.29 is 14.3 Å². The number of urea groups is 1. The second kappa shape index (κ2) is 6.72. The highest BCUT2D eigenvalue weighted by Gasteiger charge is 2.12. The van der Waals surface area contributed by atoms with Crippen LogP contribution in [0.5, 0.6) is 11.5 Å². The van der Waals surface area contributed by atoms with Crippen LogP contribution in [-0.2, 0) is 13.1 Å². The number of nitrogens with one attached hydrogen (secondary N) is 2. The number of benzene rings is 1. The van der Waals surface area contributed by atoms with Gasteiger partial charge in [-0.05, 0) is 29.8 Å². The molecule has 128 valence electrons. The average Bonchev–Trinajstić information content (AvgIpc) is 3.07. The van der Waals surface area contributed by atoms with E-state index in [1.54, 1.807) is 0 Å². The fourth-order valence-corrected chi connectivity index (χ4v) is 2.69. The van der Waals surface area contributed by atoms with E-state index in [0.717, 1.165) is 28.4 Å². The lowest BCUT2D eigenvalue weighted by Gasteiger charge is -2.19. The molecule has 0 fully saturated rings. The van der Waals surface area contributed by atoms with Crippen molar-refractivity contribution in [3.8, 4) is 11.5 Å². The third-order valence-corrected chi connectivity index (χ3v) is 3.90. The summed E-state index contributed by atoms with van der Waals surface area (Å²) < 4.78 is 12.9. The highest BCUT2D eigenvalue weighted by atomic mass is 16.6. The van der Waals surface area contributed by atoms with Crippen molar-refractivity contribution in [1.29, 1.82) is 0 Å². The number of ether oxygens (including phenoxy) is 2. The Hall–Kier alpha value is -3.22. The van der Waals surface area contributed by atoms with Crippen molar-refractivity contribution in [2.75, 3.05) is 13.2 Å². The molecule has 0 saturated carbocycles. The summed E-state index contributed by atoms with van der Waals surface area (Å²) in [6, 6.07) is 11.2. The lowest BCUT2D eigenvalue weighted by Crippen LogP contribution is -2.34. The monoisotopic (exact) mass is 338 g/mol. The summed E-state index contributed by atoms with van der Waals surface area (Å²) >= 11 is 0. The molecule has 0 aliphatic carbocycles. The molecule has 1 aromatic carbocycles. The Morgan fingerprint density at radius 2 is 1.92 bits per heavy atom. The van der Waals surface area contributed by atoms with Gasteiger partial charge in [0, 0.05) is 18.9 Å². The van der Waals surface area contributed by atoms with Crippen molar-refractivity contribution in [2.24, 2.45) is 0 Å². The van der Waals surface area contributed by atoms with E-state index in [1.165, 1.54) is 0 Å². The lowest BCUT2D eigenvalue weighted by atomic mass is 10.2.